The predicted molar refractivity (Wildman–Crippen MR) is 130 cm³/mol. The number of rotatable bonds is 7. The van der Waals surface area contributed by atoms with Crippen LogP contribution in [-0.4, -0.2) is 36.1 Å². The molecular formula is C29H38O4. The van der Waals surface area contributed by atoms with Crippen molar-refractivity contribution in [2.75, 3.05) is 19.8 Å². The number of hydrogen-bond donors (Lipinski definition) is 2. The molecule has 6 atom stereocenters. The minimum absolute atomic E-state index is 0.0218. The molecule has 2 N–H and O–H groups in total. The molecule has 5 rings (SSSR count). The van der Waals surface area contributed by atoms with Gasteiger partial charge in [-0.15, -0.1) is 0 Å². The van der Waals surface area contributed by atoms with Gasteiger partial charge in [-0.1, -0.05) is 32.0 Å². The Hall–Kier alpha value is -2.04. The van der Waals surface area contributed by atoms with E-state index in [0.717, 1.165) is 50.9 Å². The number of aliphatic hydroxyl groups excluding tert-OH is 1. The Balaban J connectivity index is 1.43. The van der Waals surface area contributed by atoms with Gasteiger partial charge in [0.05, 0.1) is 12.7 Å². The number of aliphatic hydroxyl groups is 1. The maximum atomic E-state index is 11.0. The molecule has 6 unspecified atom stereocenters. The Morgan fingerprint density at radius 2 is 1.82 bits per heavy atom. The zero-order chi connectivity index (χ0) is 23.0. The lowest BCUT2D eigenvalue weighted by Crippen LogP contribution is -2.47. The molecule has 4 heteroatoms. The van der Waals surface area contributed by atoms with E-state index >= 15 is 0 Å². The second-order valence-electron chi connectivity index (χ2n) is 10.7. The standard InChI is InChI=1S/C29H38O4/c1-3-14-32-15-16-33-22-8-4-19(5-9-22)25-18-29(2)26(12-13-27(29)31)24-10-6-20-17-21(30)7-11-23(20)28(24)25/h4-5,7-9,11,17,24-28,30-31H,3,6,10,12-16,18H2,1-2H3. The first-order valence-corrected chi connectivity index (χ1v) is 12.8. The van der Waals surface area contributed by atoms with E-state index in [1.807, 2.05) is 12.1 Å². The SMILES string of the molecule is CCCOCCOc1ccc(C2CC3(C)C(O)CCC3C3CCc4cc(O)ccc4C23)cc1. The van der Waals surface area contributed by atoms with Crippen molar-refractivity contribution in [3.05, 3.63) is 59.2 Å². The summed E-state index contributed by atoms with van der Waals surface area (Å²) in [4.78, 5) is 0. The van der Waals surface area contributed by atoms with E-state index in [9.17, 15) is 10.2 Å². The van der Waals surface area contributed by atoms with Crippen LogP contribution in [0.4, 0.5) is 0 Å². The Morgan fingerprint density at radius 1 is 1.00 bits per heavy atom. The molecule has 2 aromatic carbocycles. The van der Waals surface area contributed by atoms with Gasteiger partial charge in [0.25, 0.3) is 0 Å². The third-order valence-corrected chi connectivity index (χ3v) is 8.82. The Bertz CT molecular complexity index is 955. The van der Waals surface area contributed by atoms with Gasteiger partial charge < -0.3 is 19.7 Å². The summed E-state index contributed by atoms with van der Waals surface area (Å²) in [6.45, 7) is 6.39. The Kier molecular flexibility index (Phi) is 6.41. The summed E-state index contributed by atoms with van der Waals surface area (Å²) in [5.41, 5.74) is 4.02. The molecule has 0 spiro atoms. The molecule has 0 heterocycles. The van der Waals surface area contributed by atoms with Gasteiger partial charge in [-0.2, -0.15) is 0 Å². The summed E-state index contributed by atoms with van der Waals surface area (Å²) >= 11 is 0. The summed E-state index contributed by atoms with van der Waals surface area (Å²) in [5, 5.41) is 21.1. The highest BCUT2D eigenvalue weighted by molar-refractivity contribution is 5.43. The molecule has 3 aliphatic rings. The van der Waals surface area contributed by atoms with Gasteiger partial charge in [0.15, 0.2) is 0 Å². The lowest BCUT2D eigenvalue weighted by Gasteiger charge is -2.54. The molecule has 3 aliphatic carbocycles. The highest BCUT2D eigenvalue weighted by Crippen LogP contribution is 2.65. The maximum absolute atomic E-state index is 11.0. The monoisotopic (exact) mass is 450 g/mol. The highest BCUT2D eigenvalue weighted by Gasteiger charge is 2.57. The van der Waals surface area contributed by atoms with Crippen LogP contribution in [-0.2, 0) is 11.2 Å². The Morgan fingerprint density at radius 3 is 2.61 bits per heavy atom. The average Bonchev–Trinajstić information content (AvgIpc) is 3.12. The molecule has 2 fully saturated rings. The number of hydrogen-bond acceptors (Lipinski definition) is 4. The minimum atomic E-state index is -0.210. The molecule has 2 aromatic rings. The van der Waals surface area contributed by atoms with E-state index < -0.39 is 0 Å². The highest BCUT2D eigenvalue weighted by atomic mass is 16.5. The lowest BCUT2D eigenvalue weighted by molar-refractivity contribution is -0.0323. The van der Waals surface area contributed by atoms with Gasteiger partial charge in [-0.3, -0.25) is 0 Å². The van der Waals surface area contributed by atoms with Crippen molar-refractivity contribution in [1.29, 1.82) is 0 Å². The first-order chi connectivity index (χ1) is 16.0. The predicted octanol–water partition coefficient (Wildman–Crippen LogP) is 5.81. The quantitative estimate of drug-likeness (QED) is 0.523. The van der Waals surface area contributed by atoms with E-state index in [1.54, 1.807) is 0 Å². The van der Waals surface area contributed by atoms with Gasteiger partial charge in [0.1, 0.15) is 18.1 Å². The molecule has 178 valence electrons. The van der Waals surface area contributed by atoms with Crippen molar-refractivity contribution in [3.8, 4) is 11.5 Å². The first-order valence-electron chi connectivity index (χ1n) is 12.8. The third-order valence-electron chi connectivity index (χ3n) is 8.82. The van der Waals surface area contributed by atoms with Crippen molar-refractivity contribution in [1.82, 2.24) is 0 Å². The number of phenolic OH excluding ortho intramolecular Hbond substituents is 1. The summed E-state index contributed by atoms with van der Waals surface area (Å²) in [6, 6.07) is 14.6. The lowest BCUT2D eigenvalue weighted by atomic mass is 9.51. The summed E-state index contributed by atoms with van der Waals surface area (Å²) in [6.07, 6.45) is 6.04. The van der Waals surface area contributed by atoms with Crippen LogP contribution in [0.1, 0.15) is 74.5 Å². The zero-order valence-electron chi connectivity index (χ0n) is 20.0. The average molecular weight is 451 g/mol. The van der Waals surface area contributed by atoms with Gasteiger partial charge in [-0.25, -0.2) is 0 Å². The third kappa shape index (κ3) is 4.17. The fourth-order valence-corrected chi connectivity index (χ4v) is 7.27. The van der Waals surface area contributed by atoms with Crippen molar-refractivity contribution in [2.24, 2.45) is 17.3 Å². The molecule has 2 saturated carbocycles. The smallest absolute Gasteiger partial charge is 0.119 e. The normalized spacial score (nSPS) is 32.6. The molecule has 4 nitrogen and oxygen atoms in total. The fraction of sp³-hybridized carbons (Fsp3) is 0.586. The molecule has 0 bridgehead atoms. The maximum Gasteiger partial charge on any atom is 0.119 e. The molecular weight excluding hydrogens is 412 g/mol. The largest absolute Gasteiger partial charge is 0.508 e. The summed E-state index contributed by atoms with van der Waals surface area (Å²) in [7, 11) is 0. The van der Waals surface area contributed by atoms with Crippen LogP contribution in [0, 0.1) is 17.3 Å². The van der Waals surface area contributed by atoms with E-state index in [2.05, 4.69) is 44.2 Å². The van der Waals surface area contributed by atoms with Crippen molar-refractivity contribution < 1.29 is 19.7 Å². The van der Waals surface area contributed by atoms with Gasteiger partial charge >= 0.3 is 0 Å². The van der Waals surface area contributed by atoms with Gasteiger partial charge in [-0.05, 0) is 109 Å². The minimum Gasteiger partial charge on any atom is -0.508 e. The van der Waals surface area contributed by atoms with Crippen LogP contribution in [0.15, 0.2) is 42.5 Å². The van der Waals surface area contributed by atoms with Crippen molar-refractivity contribution in [2.45, 2.75) is 70.3 Å². The van der Waals surface area contributed by atoms with Crippen LogP contribution in [0.3, 0.4) is 0 Å². The summed E-state index contributed by atoms with van der Waals surface area (Å²) in [5.74, 6) is 3.19. The topological polar surface area (TPSA) is 58.9 Å². The first kappa shape index (κ1) is 22.7. The van der Waals surface area contributed by atoms with Gasteiger partial charge in [0, 0.05) is 6.61 Å². The second-order valence-corrected chi connectivity index (χ2v) is 10.7. The van der Waals surface area contributed by atoms with Crippen LogP contribution < -0.4 is 4.74 Å². The number of aromatic hydroxyl groups is 1. The van der Waals surface area contributed by atoms with E-state index in [0.29, 0.717) is 42.6 Å². The second kappa shape index (κ2) is 9.31. The fourth-order valence-electron chi connectivity index (χ4n) is 7.27. The number of phenols is 1. The molecule has 33 heavy (non-hydrogen) atoms. The van der Waals surface area contributed by atoms with E-state index in [-0.39, 0.29) is 11.5 Å². The molecule has 0 saturated heterocycles. The van der Waals surface area contributed by atoms with Crippen molar-refractivity contribution >= 4 is 0 Å². The number of aryl methyl sites for hydroxylation is 1. The van der Waals surface area contributed by atoms with E-state index in [4.69, 9.17) is 9.47 Å². The molecule has 0 amide bonds. The van der Waals surface area contributed by atoms with Gasteiger partial charge in [0.2, 0.25) is 0 Å². The van der Waals surface area contributed by atoms with Crippen LogP contribution in [0.25, 0.3) is 0 Å². The van der Waals surface area contributed by atoms with Crippen LogP contribution in [0.5, 0.6) is 11.5 Å². The molecule has 0 radical (unpaired) electrons. The zero-order valence-corrected chi connectivity index (χ0v) is 20.0. The molecule has 0 aromatic heterocycles. The van der Waals surface area contributed by atoms with Crippen LogP contribution in [0.2, 0.25) is 0 Å². The van der Waals surface area contributed by atoms with Crippen LogP contribution >= 0.6 is 0 Å². The number of fused-ring (bicyclic) bond motifs is 5. The number of benzene rings is 2. The van der Waals surface area contributed by atoms with Crippen molar-refractivity contribution in [3.63, 3.8) is 0 Å². The summed E-state index contributed by atoms with van der Waals surface area (Å²) < 4.78 is 11.4. The Labute approximate surface area is 197 Å². The van der Waals surface area contributed by atoms with E-state index in [1.165, 1.54) is 16.7 Å². The molecule has 0 aliphatic heterocycles. The number of ether oxygens (including phenoxy) is 2.